The molecule has 5 nitrogen and oxygen atoms in total. The van der Waals surface area contributed by atoms with Crippen molar-refractivity contribution in [1.82, 2.24) is 9.88 Å². The smallest absolute Gasteiger partial charge is 0.191 e. The molecule has 2 rings (SSSR count). The van der Waals surface area contributed by atoms with Crippen LogP contribution in [0.15, 0.2) is 29.4 Å². The third-order valence-electron chi connectivity index (χ3n) is 2.81. The summed E-state index contributed by atoms with van der Waals surface area (Å²) < 4.78 is 0. The van der Waals surface area contributed by atoms with Crippen LogP contribution in [-0.4, -0.2) is 49.1 Å². The van der Waals surface area contributed by atoms with Gasteiger partial charge in [0, 0.05) is 39.4 Å². The van der Waals surface area contributed by atoms with Crippen molar-refractivity contribution in [2.75, 3.05) is 38.1 Å². The Morgan fingerprint density at radius 2 is 2.00 bits per heavy atom. The maximum absolute atomic E-state index is 5.77. The minimum absolute atomic E-state index is 0. The fourth-order valence-corrected chi connectivity index (χ4v) is 1.85. The number of nitrogens with zero attached hydrogens (tertiary/aromatic N) is 4. The second-order valence-corrected chi connectivity index (χ2v) is 3.74. The Kier molecular flexibility index (Phi) is 5.46. The Morgan fingerprint density at radius 1 is 1.29 bits per heavy atom. The molecule has 0 atom stereocenters. The number of piperazine rings is 1. The van der Waals surface area contributed by atoms with E-state index in [-0.39, 0.29) is 24.0 Å². The van der Waals surface area contributed by atoms with Crippen molar-refractivity contribution < 1.29 is 0 Å². The maximum Gasteiger partial charge on any atom is 0.191 e. The molecule has 0 saturated carbocycles. The van der Waals surface area contributed by atoms with Gasteiger partial charge in [0.05, 0.1) is 0 Å². The second-order valence-electron chi connectivity index (χ2n) is 3.74. The average Bonchev–Trinajstić information content (AvgIpc) is 2.39. The lowest BCUT2D eigenvalue weighted by atomic mass is 10.3. The zero-order chi connectivity index (χ0) is 11.4. The van der Waals surface area contributed by atoms with Crippen LogP contribution < -0.4 is 10.6 Å². The van der Waals surface area contributed by atoms with Crippen molar-refractivity contribution in [2.24, 2.45) is 10.7 Å². The largest absolute Gasteiger partial charge is 0.370 e. The fraction of sp³-hybridized carbons (Fsp3) is 0.455. The fourth-order valence-electron chi connectivity index (χ4n) is 1.85. The highest BCUT2D eigenvalue weighted by Crippen LogP contribution is 2.11. The average molecular weight is 347 g/mol. The third kappa shape index (κ3) is 3.45. The molecule has 0 radical (unpaired) electrons. The topological polar surface area (TPSA) is 57.8 Å². The molecule has 6 heteroatoms. The molecule has 0 amide bonds. The molecule has 0 aliphatic carbocycles. The monoisotopic (exact) mass is 347 g/mol. The Bertz CT molecular complexity index is 359. The van der Waals surface area contributed by atoms with Crippen LogP contribution in [0.25, 0.3) is 0 Å². The van der Waals surface area contributed by atoms with Crippen molar-refractivity contribution in [1.29, 1.82) is 0 Å². The highest BCUT2D eigenvalue weighted by atomic mass is 127. The van der Waals surface area contributed by atoms with Crippen molar-refractivity contribution >= 4 is 35.8 Å². The van der Waals surface area contributed by atoms with E-state index >= 15 is 0 Å². The number of guanidine groups is 1. The van der Waals surface area contributed by atoms with Crippen LogP contribution in [0.4, 0.5) is 5.82 Å². The molecule has 94 valence electrons. The number of pyridine rings is 1. The van der Waals surface area contributed by atoms with Gasteiger partial charge in [-0.3, -0.25) is 4.99 Å². The lowest BCUT2D eigenvalue weighted by Gasteiger charge is -2.35. The molecule has 2 heterocycles. The van der Waals surface area contributed by atoms with Crippen LogP contribution >= 0.6 is 24.0 Å². The van der Waals surface area contributed by atoms with Crippen LogP contribution in [0.5, 0.6) is 0 Å². The van der Waals surface area contributed by atoms with E-state index in [9.17, 15) is 0 Å². The van der Waals surface area contributed by atoms with Crippen LogP contribution in [-0.2, 0) is 0 Å². The van der Waals surface area contributed by atoms with E-state index < -0.39 is 0 Å². The van der Waals surface area contributed by atoms with Gasteiger partial charge in [0.2, 0.25) is 0 Å². The third-order valence-corrected chi connectivity index (χ3v) is 2.81. The summed E-state index contributed by atoms with van der Waals surface area (Å²) in [6.45, 7) is 3.68. The molecule has 2 N–H and O–H groups in total. The molecule has 1 aromatic rings. The van der Waals surface area contributed by atoms with Gasteiger partial charge in [0.15, 0.2) is 5.96 Å². The van der Waals surface area contributed by atoms with Gasteiger partial charge in [0.25, 0.3) is 0 Å². The first kappa shape index (κ1) is 14.0. The van der Waals surface area contributed by atoms with Gasteiger partial charge in [-0.2, -0.15) is 0 Å². The molecular weight excluding hydrogens is 329 g/mol. The molecular formula is C11H18IN5. The van der Waals surface area contributed by atoms with Crippen molar-refractivity contribution in [3.63, 3.8) is 0 Å². The van der Waals surface area contributed by atoms with Crippen molar-refractivity contribution in [2.45, 2.75) is 0 Å². The highest BCUT2D eigenvalue weighted by Gasteiger charge is 2.18. The van der Waals surface area contributed by atoms with Crippen LogP contribution in [0.1, 0.15) is 0 Å². The molecule has 1 aliphatic rings. The summed E-state index contributed by atoms with van der Waals surface area (Å²) in [6.07, 6.45) is 1.82. The molecule has 0 spiro atoms. The molecule has 0 aromatic carbocycles. The van der Waals surface area contributed by atoms with E-state index in [0.717, 1.165) is 32.0 Å². The zero-order valence-corrected chi connectivity index (χ0v) is 12.2. The Labute approximate surface area is 119 Å². The highest BCUT2D eigenvalue weighted by molar-refractivity contribution is 14.0. The van der Waals surface area contributed by atoms with Gasteiger partial charge in [0.1, 0.15) is 5.82 Å². The lowest BCUT2D eigenvalue weighted by Crippen LogP contribution is -2.51. The number of hydrogen-bond acceptors (Lipinski definition) is 3. The number of rotatable bonds is 1. The predicted octanol–water partition coefficient (Wildman–Crippen LogP) is 0.766. The van der Waals surface area contributed by atoms with Gasteiger partial charge in [-0.1, -0.05) is 6.07 Å². The standard InChI is InChI=1S/C11H17N5.HI/c1-13-11(12)16-8-6-15(7-9-16)10-4-2-3-5-14-10;/h2-5H,6-9H2,1H3,(H2,12,13);1H. The van der Waals surface area contributed by atoms with Crippen LogP contribution in [0.2, 0.25) is 0 Å². The molecule has 0 unspecified atom stereocenters. The van der Waals surface area contributed by atoms with Gasteiger partial charge in [-0.15, -0.1) is 24.0 Å². The van der Waals surface area contributed by atoms with E-state index in [1.807, 2.05) is 24.4 Å². The first-order valence-electron chi connectivity index (χ1n) is 5.44. The summed E-state index contributed by atoms with van der Waals surface area (Å²) in [5.41, 5.74) is 5.77. The molecule has 1 aliphatic heterocycles. The summed E-state index contributed by atoms with van der Waals surface area (Å²) in [5, 5.41) is 0. The van der Waals surface area contributed by atoms with Crippen LogP contribution in [0, 0.1) is 0 Å². The molecule has 17 heavy (non-hydrogen) atoms. The van der Waals surface area contributed by atoms with Gasteiger partial charge >= 0.3 is 0 Å². The molecule has 1 fully saturated rings. The maximum atomic E-state index is 5.77. The Morgan fingerprint density at radius 3 is 2.53 bits per heavy atom. The first-order valence-corrected chi connectivity index (χ1v) is 5.44. The number of aromatic nitrogens is 1. The number of hydrogen-bond donors (Lipinski definition) is 1. The predicted molar refractivity (Wildman–Crippen MR) is 81.0 cm³/mol. The minimum atomic E-state index is 0. The van der Waals surface area contributed by atoms with E-state index in [0.29, 0.717) is 5.96 Å². The summed E-state index contributed by atoms with van der Waals surface area (Å²) in [6, 6.07) is 5.98. The normalized spacial score (nSPS) is 16.6. The summed E-state index contributed by atoms with van der Waals surface area (Å²) in [7, 11) is 1.72. The number of halogens is 1. The summed E-state index contributed by atoms with van der Waals surface area (Å²) >= 11 is 0. The van der Waals surface area contributed by atoms with Gasteiger partial charge in [-0.25, -0.2) is 4.98 Å². The van der Waals surface area contributed by atoms with E-state index in [4.69, 9.17) is 5.73 Å². The number of anilines is 1. The summed E-state index contributed by atoms with van der Waals surface area (Å²) in [4.78, 5) is 12.7. The van der Waals surface area contributed by atoms with E-state index in [1.54, 1.807) is 7.05 Å². The molecule has 0 bridgehead atoms. The molecule has 1 saturated heterocycles. The summed E-state index contributed by atoms with van der Waals surface area (Å²) in [5.74, 6) is 1.66. The Balaban J connectivity index is 0.00000144. The van der Waals surface area contributed by atoms with Crippen molar-refractivity contribution in [3.05, 3.63) is 24.4 Å². The number of nitrogens with two attached hydrogens (primary N) is 1. The SMILES string of the molecule is CN=C(N)N1CCN(c2ccccn2)CC1.I. The second kappa shape index (κ2) is 6.63. The van der Waals surface area contributed by atoms with E-state index in [1.165, 1.54) is 0 Å². The minimum Gasteiger partial charge on any atom is -0.370 e. The first-order chi connectivity index (χ1) is 7.81. The quantitative estimate of drug-likeness (QED) is 0.463. The molecule has 1 aromatic heterocycles. The lowest BCUT2D eigenvalue weighted by molar-refractivity contribution is 0.380. The van der Waals surface area contributed by atoms with Crippen LogP contribution in [0.3, 0.4) is 0 Å². The van der Waals surface area contributed by atoms with Gasteiger partial charge in [-0.05, 0) is 12.1 Å². The van der Waals surface area contributed by atoms with Crippen molar-refractivity contribution in [3.8, 4) is 0 Å². The Hall–Kier alpha value is -1.05. The number of aliphatic imine (C=N–C) groups is 1. The zero-order valence-electron chi connectivity index (χ0n) is 9.91. The van der Waals surface area contributed by atoms with E-state index in [2.05, 4.69) is 19.8 Å². The van der Waals surface area contributed by atoms with Gasteiger partial charge < -0.3 is 15.5 Å².